The van der Waals surface area contributed by atoms with Gasteiger partial charge in [0, 0.05) is 25.7 Å². The number of likely N-dealkylation sites (tertiary alicyclic amines) is 1. The van der Waals surface area contributed by atoms with Crippen molar-refractivity contribution in [3.05, 3.63) is 0 Å². The smallest absolute Gasteiger partial charge is 0.249 e. The van der Waals surface area contributed by atoms with E-state index >= 15 is 0 Å². The van der Waals surface area contributed by atoms with Crippen LogP contribution in [-0.4, -0.2) is 60.2 Å². The molecule has 0 aromatic rings. The maximum absolute atomic E-state index is 11.9. The van der Waals surface area contributed by atoms with Crippen molar-refractivity contribution in [3.8, 4) is 0 Å². The summed E-state index contributed by atoms with van der Waals surface area (Å²) in [5.41, 5.74) is 5.47. The maximum Gasteiger partial charge on any atom is 0.249 e. The van der Waals surface area contributed by atoms with E-state index in [1.54, 1.807) is 0 Å². The van der Waals surface area contributed by atoms with Gasteiger partial charge in [-0.05, 0) is 25.7 Å². The van der Waals surface area contributed by atoms with Gasteiger partial charge in [0.25, 0.3) is 0 Å². The highest BCUT2D eigenvalue weighted by Gasteiger charge is 2.27. The van der Waals surface area contributed by atoms with Gasteiger partial charge in [-0.1, -0.05) is 5.16 Å². The summed E-state index contributed by atoms with van der Waals surface area (Å²) >= 11 is 0. The second-order valence-electron chi connectivity index (χ2n) is 5.15. The number of nitrogens with zero attached hydrogens (tertiary/aromatic N) is 2. The van der Waals surface area contributed by atoms with Crippen molar-refractivity contribution in [1.82, 2.24) is 10.2 Å². The Balaban J connectivity index is 1.69. The zero-order chi connectivity index (χ0) is 13.7. The number of amides is 1. The summed E-state index contributed by atoms with van der Waals surface area (Å²) in [6, 6.07) is 0.209. The number of carbonyl (C=O) groups excluding carboxylic acids is 1. The molecule has 2 saturated heterocycles. The number of ether oxygens (including phenoxy) is 1. The van der Waals surface area contributed by atoms with Gasteiger partial charge in [0.05, 0.1) is 6.54 Å². The summed E-state index contributed by atoms with van der Waals surface area (Å²) in [5.74, 6) is 0.245. The van der Waals surface area contributed by atoms with Gasteiger partial charge in [0.15, 0.2) is 5.84 Å². The van der Waals surface area contributed by atoms with Crippen LogP contribution in [0.4, 0.5) is 0 Å². The molecule has 1 amide bonds. The van der Waals surface area contributed by atoms with Gasteiger partial charge in [0.2, 0.25) is 5.91 Å². The highest BCUT2D eigenvalue weighted by atomic mass is 16.5. The molecule has 7 heteroatoms. The monoisotopic (exact) mass is 270 g/mol. The molecule has 2 heterocycles. The SMILES string of the molecule is NC(CN1CCC(NC(=O)C2CCCO2)CC1)=NO. The van der Waals surface area contributed by atoms with Gasteiger partial charge in [-0.15, -0.1) is 0 Å². The third-order valence-corrected chi connectivity index (χ3v) is 3.67. The highest BCUT2D eigenvalue weighted by Crippen LogP contribution is 2.14. The standard InChI is InChI=1S/C12H22N4O3/c13-11(15-18)8-16-5-3-9(4-6-16)14-12(17)10-2-1-7-19-10/h9-10,18H,1-8H2,(H2,13,15)(H,14,17). The Bertz CT molecular complexity index is 334. The van der Waals surface area contributed by atoms with Crippen LogP contribution >= 0.6 is 0 Å². The van der Waals surface area contributed by atoms with Crippen molar-refractivity contribution in [2.24, 2.45) is 10.9 Å². The van der Waals surface area contributed by atoms with E-state index in [0.717, 1.165) is 38.8 Å². The van der Waals surface area contributed by atoms with Crippen molar-refractivity contribution in [1.29, 1.82) is 0 Å². The Morgan fingerprint density at radius 2 is 2.16 bits per heavy atom. The molecule has 0 aromatic carbocycles. The highest BCUT2D eigenvalue weighted by molar-refractivity contribution is 5.82. The number of hydrogen-bond acceptors (Lipinski definition) is 5. The van der Waals surface area contributed by atoms with E-state index in [2.05, 4.69) is 15.4 Å². The molecular formula is C12H22N4O3. The van der Waals surface area contributed by atoms with Gasteiger partial charge in [-0.3, -0.25) is 9.69 Å². The number of piperidine rings is 1. The minimum Gasteiger partial charge on any atom is -0.409 e. The van der Waals surface area contributed by atoms with Crippen molar-refractivity contribution in [2.75, 3.05) is 26.2 Å². The lowest BCUT2D eigenvalue weighted by atomic mass is 10.0. The summed E-state index contributed by atoms with van der Waals surface area (Å²) in [4.78, 5) is 14.0. The molecule has 0 spiro atoms. The molecule has 2 aliphatic heterocycles. The number of oxime groups is 1. The lowest BCUT2D eigenvalue weighted by molar-refractivity contribution is -0.131. The average Bonchev–Trinajstić information content (AvgIpc) is 2.95. The van der Waals surface area contributed by atoms with E-state index in [4.69, 9.17) is 15.7 Å². The fourth-order valence-electron chi connectivity index (χ4n) is 2.57. The molecule has 0 saturated carbocycles. The molecule has 7 nitrogen and oxygen atoms in total. The minimum atomic E-state index is -0.254. The van der Waals surface area contributed by atoms with E-state index in [0.29, 0.717) is 13.2 Å². The zero-order valence-corrected chi connectivity index (χ0v) is 11.0. The van der Waals surface area contributed by atoms with E-state index in [-0.39, 0.29) is 23.9 Å². The van der Waals surface area contributed by atoms with E-state index < -0.39 is 0 Å². The predicted molar refractivity (Wildman–Crippen MR) is 70.0 cm³/mol. The van der Waals surface area contributed by atoms with Crippen LogP contribution in [0.2, 0.25) is 0 Å². The van der Waals surface area contributed by atoms with Gasteiger partial charge in [-0.25, -0.2) is 0 Å². The van der Waals surface area contributed by atoms with E-state index in [1.165, 1.54) is 0 Å². The molecule has 0 aliphatic carbocycles. The molecular weight excluding hydrogens is 248 g/mol. The van der Waals surface area contributed by atoms with Crippen LogP contribution in [0.25, 0.3) is 0 Å². The van der Waals surface area contributed by atoms with E-state index in [9.17, 15) is 4.79 Å². The fraction of sp³-hybridized carbons (Fsp3) is 0.833. The molecule has 0 radical (unpaired) electrons. The van der Waals surface area contributed by atoms with Gasteiger partial charge >= 0.3 is 0 Å². The summed E-state index contributed by atoms with van der Waals surface area (Å²) in [6.07, 6.45) is 3.31. The number of nitrogens with two attached hydrogens (primary N) is 1. The lowest BCUT2D eigenvalue weighted by Crippen LogP contribution is -2.48. The first-order valence-electron chi connectivity index (χ1n) is 6.80. The Hall–Kier alpha value is -1.34. The second kappa shape index (κ2) is 6.72. The van der Waals surface area contributed by atoms with Crippen LogP contribution in [-0.2, 0) is 9.53 Å². The first kappa shape index (κ1) is 14.1. The Morgan fingerprint density at radius 1 is 1.42 bits per heavy atom. The normalized spacial score (nSPS) is 26.5. The summed E-state index contributed by atoms with van der Waals surface area (Å²) < 4.78 is 5.36. The molecule has 1 unspecified atom stereocenters. The quantitative estimate of drug-likeness (QED) is 0.276. The molecule has 0 bridgehead atoms. The number of amidine groups is 1. The van der Waals surface area contributed by atoms with Gasteiger partial charge in [-0.2, -0.15) is 0 Å². The van der Waals surface area contributed by atoms with Gasteiger partial charge in [0.1, 0.15) is 6.10 Å². The maximum atomic E-state index is 11.9. The first-order chi connectivity index (χ1) is 9.19. The molecule has 2 fully saturated rings. The molecule has 2 rings (SSSR count). The third-order valence-electron chi connectivity index (χ3n) is 3.67. The summed E-state index contributed by atoms with van der Waals surface area (Å²) in [6.45, 7) is 2.85. The van der Waals surface area contributed by atoms with Crippen LogP contribution in [0.3, 0.4) is 0 Å². The first-order valence-corrected chi connectivity index (χ1v) is 6.80. The Labute approximate surface area is 112 Å². The van der Waals surface area contributed by atoms with Crippen LogP contribution in [0.5, 0.6) is 0 Å². The molecule has 2 aliphatic rings. The number of hydrogen-bond donors (Lipinski definition) is 3. The topological polar surface area (TPSA) is 100 Å². The second-order valence-corrected chi connectivity index (χ2v) is 5.15. The van der Waals surface area contributed by atoms with Crippen LogP contribution in [0, 0.1) is 0 Å². The number of rotatable bonds is 4. The van der Waals surface area contributed by atoms with Crippen molar-refractivity contribution in [2.45, 2.75) is 37.8 Å². The summed E-state index contributed by atoms with van der Waals surface area (Å²) in [5, 5.41) is 14.5. The predicted octanol–water partition coefficient (Wildman–Crippen LogP) is -0.508. The Morgan fingerprint density at radius 3 is 2.74 bits per heavy atom. The van der Waals surface area contributed by atoms with Crippen LogP contribution < -0.4 is 11.1 Å². The average molecular weight is 270 g/mol. The number of carbonyl (C=O) groups is 1. The minimum absolute atomic E-state index is 0.0207. The van der Waals surface area contributed by atoms with E-state index in [1.807, 2.05) is 0 Å². The molecule has 108 valence electrons. The number of nitrogens with one attached hydrogen (secondary N) is 1. The lowest BCUT2D eigenvalue weighted by Gasteiger charge is -2.32. The molecule has 0 aromatic heterocycles. The third kappa shape index (κ3) is 4.07. The largest absolute Gasteiger partial charge is 0.409 e. The van der Waals surface area contributed by atoms with Crippen LogP contribution in [0.15, 0.2) is 5.16 Å². The molecule has 4 N–H and O–H groups in total. The molecule has 19 heavy (non-hydrogen) atoms. The summed E-state index contributed by atoms with van der Waals surface area (Å²) in [7, 11) is 0. The van der Waals surface area contributed by atoms with Crippen LogP contribution in [0.1, 0.15) is 25.7 Å². The zero-order valence-electron chi connectivity index (χ0n) is 11.0. The van der Waals surface area contributed by atoms with Crippen molar-refractivity contribution in [3.63, 3.8) is 0 Å². The fourth-order valence-corrected chi connectivity index (χ4v) is 2.57. The molecule has 1 atom stereocenters. The van der Waals surface area contributed by atoms with Gasteiger partial charge < -0.3 is 21.0 Å². The van der Waals surface area contributed by atoms with Crippen molar-refractivity contribution < 1.29 is 14.7 Å². The Kier molecular flexibility index (Phi) is 4.98. The van der Waals surface area contributed by atoms with Crippen molar-refractivity contribution >= 4 is 11.7 Å².